The minimum atomic E-state index is 0.0185. The molecule has 5 nitrogen and oxygen atoms in total. The highest BCUT2D eigenvalue weighted by atomic mass is 32.1. The van der Waals surface area contributed by atoms with Crippen molar-refractivity contribution in [1.82, 2.24) is 14.8 Å². The van der Waals surface area contributed by atoms with E-state index in [1.54, 1.807) is 7.11 Å². The normalized spacial score (nSPS) is 18.7. The molecule has 0 saturated carbocycles. The second-order valence-electron chi connectivity index (χ2n) is 7.18. The summed E-state index contributed by atoms with van der Waals surface area (Å²) in [4.78, 5) is 16.4. The van der Waals surface area contributed by atoms with Crippen LogP contribution in [0.2, 0.25) is 0 Å². The molecule has 0 radical (unpaired) electrons. The number of fused-ring (bicyclic) bond motifs is 5. The minimum Gasteiger partial charge on any atom is -0.385 e. The molecule has 3 heterocycles. The zero-order chi connectivity index (χ0) is 18.1. The largest absolute Gasteiger partial charge is 0.385 e. The molecular weight excluding hydrogens is 346 g/mol. The van der Waals surface area contributed by atoms with E-state index in [4.69, 9.17) is 4.74 Å². The maximum atomic E-state index is 12.9. The van der Waals surface area contributed by atoms with E-state index >= 15 is 0 Å². The molecule has 2 aromatic rings. The van der Waals surface area contributed by atoms with Crippen LogP contribution in [-0.4, -0.2) is 35.8 Å². The maximum absolute atomic E-state index is 12.9. The van der Waals surface area contributed by atoms with Gasteiger partial charge in [0.25, 0.3) is 0 Å². The lowest BCUT2D eigenvalue weighted by atomic mass is 9.95. The van der Waals surface area contributed by atoms with Crippen LogP contribution in [0.3, 0.4) is 0 Å². The lowest BCUT2D eigenvalue weighted by Gasteiger charge is -2.28. The maximum Gasteiger partial charge on any atom is 0.318 e. The first kappa shape index (κ1) is 17.6. The van der Waals surface area contributed by atoms with Gasteiger partial charge in [0.1, 0.15) is 5.00 Å². The Morgan fingerprint density at radius 2 is 2.19 bits per heavy atom. The molecule has 1 aliphatic carbocycles. The predicted octanol–water partition coefficient (Wildman–Crippen LogP) is 4.04. The van der Waals surface area contributed by atoms with E-state index in [2.05, 4.69) is 35.1 Å². The van der Waals surface area contributed by atoms with Gasteiger partial charge in [-0.25, -0.2) is 4.79 Å². The molecule has 4 rings (SSSR count). The van der Waals surface area contributed by atoms with Gasteiger partial charge in [-0.3, -0.25) is 0 Å². The standard InChI is InChI=1S/C20H27N3O2S/c1-14-17-8-5-11-22(17)19-16(15-7-3-4-9-18(15)26-19)13-23(14)20(24)21-10-6-12-25-2/h5,8,11,14H,3-4,6-7,9-10,12-13H2,1-2H3,(H,21,24). The Labute approximate surface area is 159 Å². The smallest absolute Gasteiger partial charge is 0.318 e. The molecule has 1 atom stereocenters. The third-order valence-corrected chi connectivity index (χ3v) is 6.88. The third-order valence-electron chi connectivity index (χ3n) is 5.54. The molecule has 2 aromatic heterocycles. The van der Waals surface area contributed by atoms with Crippen LogP contribution in [0.1, 0.15) is 53.9 Å². The monoisotopic (exact) mass is 373 g/mol. The average molecular weight is 374 g/mol. The molecule has 2 aliphatic rings. The third kappa shape index (κ3) is 3.05. The zero-order valence-corrected chi connectivity index (χ0v) is 16.4. The number of carbonyl (C=O) groups excluding carboxylic acids is 1. The number of methoxy groups -OCH3 is 1. The first-order valence-corrected chi connectivity index (χ1v) is 10.4. The first-order chi connectivity index (χ1) is 12.7. The molecule has 1 aliphatic heterocycles. The highest BCUT2D eigenvalue weighted by Crippen LogP contribution is 2.42. The molecule has 0 saturated heterocycles. The van der Waals surface area contributed by atoms with Gasteiger partial charge in [-0.1, -0.05) is 0 Å². The SMILES string of the molecule is COCCCNC(=O)N1Cc2c(sc3c2CCCC3)-n2cccc2C1C. The van der Waals surface area contributed by atoms with Gasteiger partial charge in [0, 0.05) is 42.6 Å². The minimum absolute atomic E-state index is 0.0185. The number of thiophene rings is 1. The van der Waals surface area contributed by atoms with Gasteiger partial charge < -0.3 is 19.5 Å². The molecule has 2 amide bonds. The van der Waals surface area contributed by atoms with Crippen molar-refractivity contribution in [2.45, 2.75) is 51.6 Å². The van der Waals surface area contributed by atoms with Gasteiger partial charge in [-0.2, -0.15) is 0 Å². The number of hydrogen-bond donors (Lipinski definition) is 1. The van der Waals surface area contributed by atoms with Crippen LogP contribution in [0.25, 0.3) is 5.00 Å². The van der Waals surface area contributed by atoms with E-state index < -0.39 is 0 Å². The number of amides is 2. The van der Waals surface area contributed by atoms with E-state index in [-0.39, 0.29) is 12.1 Å². The van der Waals surface area contributed by atoms with Gasteiger partial charge in [0.05, 0.1) is 12.6 Å². The molecular formula is C20H27N3O2S. The Bertz CT molecular complexity index is 795. The number of hydrogen-bond acceptors (Lipinski definition) is 3. The van der Waals surface area contributed by atoms with Crippen molar-refractivity contribution >= 4 is 17.4 Å². The lowest BCUT2D eigenvalue weighted by Crippen LogP contribution is -2.41. The van der Waals surface area contributed by atoms with Crippen LogP contribution in [0, 0.1) is 0 Å². The van der Waals surface area contributed by atoms with Gasteiger partial charge >= 0.3 is 6.03 Å². The molecule has 1 unspecified atom stereocenters. The van der Waals surface area contributed by atoms with Crippen LogP contribution in [0.4, 0.5) is 4.79 Å². The summed E-state index contributed by atoms with van der Waals surface area (Å²) in [5, 5.41) is 4.39. The van der Waals surface area contributed by atoms with Crippen molar-refractivity contribution in [2.24, 2.45) is 0 Å². The fourth-order valence-corrected chi connectivity index (χ4v) is 5.53. The second kappa shape index (κ2) is 7.45. The summed E-state index contributed by atoms with van der Waals surface area (Å²) in [6, 6.07) is 4.30. The molecule has 0 fully saturated rings. The van der Waals surface area contributed by atoms with E-state index in [0.717, 1.165) is 12.8 Å². The molecule has 1 N–H and O–H groups in total. The van der Waals surface area contributed by atoms with Crippen molar-refractivity contribution in [3.8, 4) is 5.00 Å². The number of aromatic nitrogens is 1. The van der Waals surface area contributed by atoms with Crippen molar-refractivity contribution < 1.29 is 9.53 Å². The van der Waals surface area contributed by atoms with Crippen molar-refractivity contribution in [3.05, 3.63) is 40.0 Å². The van der Waals surface area contributed by atoms with Crippen LogP contribution in [0.15, 0.2) is 18.3 Å². The summed E-state index contributed by atoms with van der Waals surface area (Å²) >= 11 is 1.93. The Hall–Kier alpha value is -1.79. The molecule has 0 bridgehead atoms. The van der Waals surface area contributed by atoms with Gasteiger partial charge in [-0.05, 0) is 56.7 Å². The summed E-state index contributed by atoms with van der Waals surface area (Å²) in [5.41, 5.74) is 4.05. The van der Waals surface area contributed by atoms with E-state index in [0.29, 0.717) is 19.7 Å². The van der Waals surface area contributed by atoms with E-state index in [1.165, 1.54) is 46.0 Å². The number of nitrogens with zero attached hydrogens (tertiary/aromatic N) is 2. The number of rotatable bonds is 4. The highest BCUT2D eigenvalue weighted by Gasteiger charge is 2.32. The fraction of sp³-hybridized carbons (Fsp3) is 0.550. The lowest BCUT2D eigenvalue weighted by molar-refractivity contribution is 0.170. The summed E-state index contributed by atoms with van der Waals surface area (Å²) in [6.07, 6.45) is 7.85. The summed E-state index contributed by atoms with van der Waals surface area (Å²) < 4.78 is 7.38. The van der Waals surface area contributed by atoms with Crippen LogP contribution >= 0.6 is 11.3 Å². The molecule has 140 valence electrons. The zero-order valence-electron chi connectivity index (χ0n) is 15.6. The van der Waals surface area contributed by atoms with Gasteiger partial charge in [0.2, 0.25) is 0 Å². The summed E-state index contributed by atoms with van der Waals surface area (Å²) in [7, 11) is 1.69. The van der Waals surface area contributed by atoms with Crippen LogP contribution in [0.5, 0.6) is 0 Å². The van der Waals surface area contributed by atoms with Crippen molar-refractivity contribution in [3.63, 3.8) is 0 Å². The quantitative estimate of drug-likeness (QED) is 0.822. The Kier molecular flexibility index (Phi) is 5.05. The second-order valence-corrected chi connectivity index (χ2v) is 8.26. The Morgan fingerprint density at radius 1 is 1.35 bits per heavy atom. The van der Waals surface area contributed by atoms with E-state index in [9.17, 15) is 4.79 Å². The van der Waals surface area contributed by atoms with Gasteiger partial charge in [0.15, 0.2) is 0 Å². The topological polar surface area (TPSA) is 46.5 Å². The van der Waals surface area contributed by atoms with Crippen LogP contribution < -0.4 is 5.32 Å². The number of ether oxygens (including phenoxy) is 1. The fourth-order valence-electron chi connectivity index (χ4n) is 4.12. The average Bonchev–Trinajstić information content (AvgIpc) is 3.24. The molecule has 26 heavy (non-hydrogen) atoms. The number of urea groups is 1. The molecule has 0 aromatic carbocycles. The Balaban J connectivity index is 1.66. The molecule has 6 heteroatoms. The first-order valence-electron chi connectivity index (χ1n) is 9.55. The molecule has 0 spiro atoms. The Morgan fingerprint density at radius 3 is 3.04 bits per heavy atom. The van der Waals surface area contributed by atoms with Gasteiger partial charge in [-0.15, -0.1) is 11.3 Å². The number of nitrogens with one attached hydrogen (secondary N) is 1. The number of aryl methyl sites for hydroxylation is 1. The highest BCUT2D eigenvalue weighted by molar-refractivity contribution is 7.15. The van der Waals surface area contributed by atoms with Crippen molar-refractivity contribution in [1.29, 1.82) is 0 Å². The van der Waals surface area contributed by atoms with Crippen LogP contribution in [-0.2, 0) is 24.1 Å². The summed E-state index contributed by atoms with van der Waals surface area (Å²) in [5.74, 6) is 0. The van der Waals surface area contributed by atoms with Crippen molar-refractivity contribution in [2.75, 3.05) is 20.3 Å². The van der Waals surface area contributed by atoms with E-state index in [1.807, 2.05) is 16.2 Å². The summed E-state index contributed by atoms with van der Waals surface area (Å²) in [6.45, 7) is 4.13. The predicted molar refractivity (Wildman–Crippen MR) is 104 cm³/mol. The number of carbonyl (C=O) groups is 1.